The van der Waals surface area contributed by atoms with Crippen LogP contribution in [0.15, 0.2) is 6.33 Å². The van der Waals surface area contributed by atoms with Crippen molar-refractivity contribution >= 4 is 38.6 Å². The molecule has 0 N–H and O–H groups in total. The zero-order valence-corrected chi connectivity index (χ0v) is 9.17. The molecule has 0 saturated heterocycles. The predicted octanol–water partition coefficient (Wildman–Crippen LogP) is 1.91. The lowest BCUT2D eigenvalue weighted by atomic mass is 10.3. The molecule has 0 aliphatic rings. The van der Waals surface area contributed by atoms with E-state index >= 15 is 0 Å². The third-order valence-electron chi connectivity index (χ3n) is 1.77. The average molecular weight is 262 g/mol. The van der Waals surface area contributed by atoms with Gasteiger partial charge in [0, 0.05) is 12.4 Å². The number of rotatable bonds is 1. The molecule has 0 fully saturated rings. The molecule has 2 rings (SSSR count). The molecule has 68 valence electrons. The largest absolute Gasteiger partial charge is 0.250 e. The van der Waals surface area contributed by atoms with E-state index in [1.54, 1.807) is 4.68 Å². The summed E-state index contributed by atoms with van der Waals surface area (Å²) in [6, 6.07) is 0. The Hall–Kier alpha value is -0.680. The Kier molecular flexibility index (Phi) is 2.21. The molecular weight excluding hydrogens is 255 g/mol. The van der Waals surface area contributed by atoms with Gasteiger partial charge in [0.15, 0.2) is 5.65 Å². The quantitative estimate of drug-likeness (QED) is 0.582. The van der Waals surface area contributed by atoms with E-state index in [1.807, 2.05) is 7.05 Å². The first-order chi connectivity index (χ1) is 6.24. The van der Waals surface area contributed by atoms with Crippen molar-refractivity contribution in [2.45, 2.75) is 5.33 Å². The maximum absolute atomic E-state index is 5.93. The number of aryl methyl sites for hydroxylation is 1. The number of nitrogens with zero attached hydrogens (tertiary/aromatic N) is 4. The molecule has 0 radical (unpaired) electrons. The Bertz CT molecular complexity index is 453. The first-order valence-corrected chi connectivity index (χ1v) is 5.12. The fourth-order valence-electron chi connectivity index (χ4n) is 1.22. The van der Waals surface area contributed by atoms with E-state index in [0.717, 1.165) is 16.7 Å². The van der Waals surface area contributed by atoms with Gasteiger partial charge in [0.25, 0.3) is 0 Å². The van der Waals surface area contributed by atoms with E-state index in [1.165, 1.54) is 6.33 Å². The molecule has 4 nitrogen and oxygen atoms in total. The van der Waals surface area contributed by atoms with Gasteiger partial charge in [-0.25, -0.2) is 9.97 Å². The van der Waals surface area contributed by atoms with Crippen LogP contribution >= 0.6 is 27.5 Å². The summed E-state index contributed by atoms with van der Waals surface area (Å²) < 4.78 is 1.69. The highest BCUT2D eigenvalue weighted by Crippen LogP contribution is 2.23. The second-order valence-corrected chi connectivity index (χ2v) is 3.49. The molecule has 13 heavy (non-hydrogen) atoms. The summed E-state index contributed by atoms with van der Waals surface area (Å²) in [4.78, 5) is 8.00. The van der Waals surface area contributed by atoms with Crippen molar-refractivity contribution in [2.24, 2.45) is 7.05 Å². The standard InChI is InChI=1S/C7H6BrClN4/c1-13-7-5(4(2-8)12-13)6(9)10-3-11-7/h3H,2H2,1H3. The Morgan fingerprint density at radius 2 is 2.31 bits per heavy atom. The van der Waals surface area contributed by atoms with E-state index in [-0.39, 0.29) is 0 Å². The maximum Gasteiger partial charge on any atom is 0.162 e. The molecule has 0 unspecified atom stereocenters. The fraction of sp³-hybridized carbons (Fsp3) is 0.286. The first-order valence-electron chi connectivity index (χ1n) is 3.62. The van der Waals surface area contributed by atoms with Gasteiger partial charge < -0.3 is 0 Å². The molecule has 0 aromatic carbocycles. The van der Waals surface area contributed by atoms with Crippen molar-refractivity contribution in [1.82, 2.24) is 19.7 Å². The number of fused-ring (bicyclic) bond motifs is 1. The van der Waals surface area contributed by atoms with E-state index in [9.17, 15) is 0 Å². The van der Waals surface area contributed by atoms with E-state index in [4.69, 9.17) is 11.6 Å². The molecule has 0 bridgehead atoms. The smallest absolute Gasteiger partial charge is 0.162 e. The molecule has 2 aromatic heterocycles. The van der Waals surface area contributed by atoms with Crippen LogP contribution in [0.2, 0.25) is 5.15 Å². The number of alkyl halides is 1. The summed E-state index contributed by atoms with van der Waals surface area (Å²) in [5.74, 6) is 0. The van der Waals surface area contributed by atoms with Gasteiger partial charge in [0.05, 0.1) is 11.1 Å². The van der Waals surface area contributed by atoms with E-state index in [2.05, 4.69) is 31.0 Å². The molecule has 0 aliphatic heterocycles. The summed E-state index contributed by atoms with van der Waals surface area (Å²) in [5, 5.41) is 6.18. The molecule has 0 aliphatic carbocycles. The number of hydrogen-bond donors (Lipinski definition) is 0. The Balaban J connectivity index is 2.89. The summed E-state index contributed by atoms with van der Waals surface area (Å²) in [6.07, 6.45) is 1.43. The van der Waals surface area contributed by atoms with E-state index in [0.29, 0.717) is 10.5 Å². The van der Waals surface area contributed by atoms with Crippen LogP contribution in [0.5, 0.6) is 0 Å². The minimum absolute atomic E-state index is 0.451. The van der Waals surface area contributed by atoms with Gasteiger partial charge in [-0.3, -0.25) is 4.68 Å². The summed E-state index contributed by atoms with van der Waals surface area (Å²) in [5.41, 5.74) is 1.62. The molecule has 2 aromatic rings. The highest BCUT2D eigenvalue weighted by atomic mass is 79.9. The number of halogens is 2. The van der Waals surface area contributed by atoms with Crippen LogP contribution in [0.1, 0.15) is 5.69 Å². The summed E-state index contributed by atoms with van der Waals surface area (Å²) in [6.45, 7) is 0. The molecule has 6 heteroatoms. The molecule has 0 spiro atoms. The fourth-order valence-corrected chi connectivity index (χ4v) is 1.85. The predicted molar refractivity (Wildman–Crippen MR) is 53.9 cm³/mol. The van der Waals surface area contributed by atoms with Gasteiger partial charge in [-0.05, 0) is 0 Å². The topological polar surface area (TPSA) is 43.6 Å². The zero-order chi connectivity index (χ0) is 9.42. The second-order valence-electron chi connectivity index (χ2n) is 2.57. The van der Waals surface area contributed by atoms with Gasteiger partial charge in [0.1, 0.15) is 11.5 Å². The van der Waals surface area contributed by atoms with Crippen LogP contribution in [0.4, 0.5) is 0 Å². The Labute approximate surface area is 88.1 Å². The van der Waals surface area contributed by atoms with Crippen molar-refractivity contribution in [1.29, 1.82) is 0 Å². The minimum atomic E-state index is 0.451. The van der Waals surface area contributed by atoms with Crippen LogP contribution in [-0.4, -0.2) is 19.7 Å². The van der Waals surface area contributed by atoms with Crippen molar-refractivity contribution in [2.75, 3.05) is 0 Å². The first kappa shape index (κ1) is 8.90. The highest BCUT2D eigenvalue weighted by Gasteiger charge is 2.12. The van der Waals surface area contributed by atoms with Crippen molar-refractivity contribution in [3.8, 4) is 0 Å². The van der Waals surface area contributed by atoms with Crippen LogP contribution < -0.4 is 0 Å². The number of hydrogen-bond acceptors (Lipinski definition) is 3. The molecule has 0 saturated carbocycles. The molecule has 0 atom stereocenters. The lowest BCUT2D eigenvalue weighted by Gasteiger charge is -1.92. The van der Waals surface area contributed by atoms with Gasteiger partial charge in [0.2, 0.25) is 0 Å². The van der Waals surface area contributed by atoms with Gasteiger partial charge in [-0.2, -0.15) is 5.10 Å². The minimum Gasteiger partial charge on any atom is -0.250 e. The Morgan fingerprint density at radius 3 is 3.00 bits per heavy atom. The highest BCUT2D eigenvalue weighted by molar-refractivity contribution is 9.08. The van der Waals surface area contributed by atoms with Crippen LogP contribution in [0.25, 0.3) is 11.0 Å². The third-order valence-corrected chi connectivity index (χ3v) is 2.59. The summed E-state index contributed by atoms with van der Waals surface area (Å²) in [7, 11) is 1.83. The van der Waals surface area contributed by atoms with Crippen molar-refractivity contribution < 1.29 is 0 Å². The van der Waals surface area contributed by atoms with E-state index < -0.39 is 0 Å². The van der Waals surface area contributed by atoms with Gasteiger partial charge in [-0.1, -0.05) is 27.5 Å². The van der Waals surface area contributed by atoms with Crippen LogP contribution in [0.3, 0.4) is 0 Å². The lowest BCUT2D eigenvalue weighted by molar-refractivity contribution is 0.771. The van der Waals surface area contributed by atoms with Gasteiger partial charge in [-0.15, -0.1) is 0 Å². The molecule has 0 amide bonds. The third kappa shape index (κ3) is 1.32. The molecular formula is C7H6BrClN4. The lowest BCUT2D eigenvalue weighted by Crippen LogP contribution is -1.92. The Morgan fingerprint density at radius 1 is 1.54 bits per heavy atom. The van der Waals surface area contributed by atoms with Crippen molar-refractivity contribution in [3.05, 3.63) is 17.2 Å². The summed E-state index contributed by atoms with van der Waals surface area (Å²) >= 11 is 9.27. The molecule has 2 heterocycles. The van der Waals surface area contributed by atoms with Gasteiger partial charge >= 0.3 is 0 Å². The van der Waals surface area contributed by atoms with Crippen LogP contribution in [0, 0.1) is 0 Å². The second kappa shape index (κ2) is 3.23. The van der Waals surface area contributed by atoms with Crippen LogP contribution in [-0.2, 0) is 12.4 Å². The maximum atomic E-state index is 5.93. The normalized spacial score (nSPS) is 11.0. The number of aromatic nitrogens is 4. The zero-order valence-electron chi connectivity index (χ0n) is 6.83. The van der Waals surface area contributed by atoms with Crippen molar-refractivity contribution in [3.63, 3.8) is 0 Å². The SMILES string of the molecule is Cn1nc(CBr)c2c(Cl)ncnc21. The average Bonchev–Trinajstić information content (AvgIpc) is 2.45. The monoisotopic (exact) mass is 260 g/mol.